The van der Waals surface area contributed by atoms with Crippen LogP contribution in [0.4, 0.5) is 4.39 Å². The molecule has 2 aromatic carbocycles. The lowest BCUT2D eigenvalue weighted by Crippen LogP contribution is -2.47. The Morgan fingerprint density at radius 1 is 0.947 bits per heavy atom. The third-order valence-corrected chi connectivity index (χ3v) is 6.52. The van der Waals surface area contributed by atoms with Crippen LogP contribution in [0.3, 0.4) is 0 Å². The Hall–Kier alpha value is -3.69. The van der Waals surface area contributed by atoms with Gasteiger partial charge in [-0.15, -0.1) is 0 Å². The summed E-state index contributed by atoms with van der Waals surface area (Å²) in [6.45, 7) is 6.13. The van der Waals surface area contributed by atoms with E-state index in [0.717, 1.165) is 24.4 Å². The second-order valence-electron chi connectivity index (χ2n) is 9.30. The number of rotatable bonds is 11. The second-order valence-corrected chi connectivity index (χ2v) is 9.30. The number of ether oxygens (including phenoxy) is 2. The fourth-order valence-electron chi connectivity index (χ4n) is 4.32. The number of amides is 2. The van der Waals surface area contributed by atoms with Gasteiger partial charge in [-0.25, -0.2) is 4.39 Å². The number of halogens is 1. The second kappa shape index (κ2) is 13.2. The smallest absolute Gasteiger partial charge is 0.254 e. The van der Waals surface area contributed by atoms with Crippen LogP contribution in [0.1, 0.15) is 27.4 Å². The van der Waals surface area contributed by atoms with E-state index in [4.69, 9.17) is 13.9 Å². The molecular formula is C29H34FN3O5. The lowest BCUT2D eigenvalue weighted by Gasteiger charge is -2.31. The van der Waals surface area contributed by atoms with Gasteiger partial charge in [-0.2, -0.15) is 0 Å². The number of aryl methyl sites for hydroxylation is 1. The van der Waals surface area contributed by atoms with E-state index in [1.165, 1.54) is 12.1 Å². The van der Waals surface area contributed by atoms with Gasteiger partial charge in [0.25, 0.3) is 5.91 Å². The highest BCUT2D eigenvalue weighted by Crippen LogP contribution is 2.17. The number of carbonyl (C=O) groups excluding carboxylic acids is 2. The number of morpholine rings is 1. The summed E-state index contributed by atoms with van der Waals surface area (Å²) >= 11 is 0. The van der Waals surface area contributed by atoms with E-state index in [-0.39, 0.29) is 37.3 Å². The fraction of sp³-hybridized carbons (Fsp3) is 0.379. The summed E-state index contributed by atoms with van der Waals surface area (Å²) in [5.74, 6) is 1.23. The monoisotopic (exact) mass is 523 g/mol. The van der Waals surface area contributed by atoms with Gasteiger partial charge in [0.05, 0.1) is 26.9 Å². The molecule has 2 amide bonds. The zero-order valence-electron chi connectivity index (χ0n) is 21.9. The first-order chi connectivity index (χ1) is 18.4. The molecule has 1 fully saturated rings. The predicted molar refractivity (Wildman–Crippen MR) is 140 cm³/mol. The minimum absolute atomic E-state index is 0.101. The molecule has 1 aliphatic heterocycles. The van der Waals surface area contributed by atoms with Crippen molar-refractivity contribution < 1.29 is 27.9 Å². The molecule has 8 nitrogen and oxygen atoms in total. The van der Waals surface area contributed by atoms with Crippen molar-refractivity contribution in [1.29, 1.82) is 0 Å². The number of furan rings is 1. The molecule has 2 heterocycles. The van der Waals surface area contributed by atoms with Crippen LogP contribution in [-0.4, -0.2) is 79.6 Å². The highest BCUT2D eigenvalue weighted by molar-refractivity contribution is 5.96. The molecule has 1 saturated heterocycles. The molecule has 0 N–H and O–H groups in total. The Bertz CT molecular complexity index is 1190. The minimum atomic E-state index is -0.340. The minimum Gasteiger partial charge on any atom is -0.497 e. The maximum Gasteiger partial charge on any atom is 0.254 e. The van der Waals surface area contributed by atoms with Crippen molar-refractivity contribution in [3.8, 4) is 5.75 Å². The summed E-state index contributed by atoms with van der Waals surface area (Å²) in [7, 11) is 1.57. The summed E-state index contributed by atoms with van der Waals surface area (Å²) in [5.41, 5.74) is 1.26. The van der Waals surface area contributed by atoms with E-state index in [2.05, 4.69) is 4.90 Å². The van der Waals surface area contributed by atoms with E-state index in [1.807, 2.05) is 19.1 Å². The lowest BCUT2D eigenvalue weighted by molar-refractivity contribution is -0.133. The molecule has 0 bridgehead atoms. The quantitative estimate of drug-likeness (QED) is 0.381. The first-order valence-electron chi connectivity index (χ1n) is 12.7. The van der Waals surface area contributed by atoms with Crippen LogP contribution in [-0.2, 0) is 22.6 Å². The number of hydrogen-bond acceptors (Lipinski definition) is 6. The molecule has 38 heavy (non-hydrogen) atoms. The van der Waals surface area contributed by atoms with Gasteiger partial charge < -0.3 is 23.7 Å². The third-order valence-electron chi connectivity index (χ3n) is 6.52. The Morgan fingerprint density at radius 3 is 2.29 bits per heavy atom. The highest BCUT2D eigenvalue weighted by atomic mass is 19.1. The average molecular weight is 524 g/mol. The van der Waals surface area contributed by atoms with E-state index in [9.17, 15) is 14.0 Å². The molecule has 4 rings (SSSR count). The van der Waals surface area contributed by atoms with Gasteiger partial charge in [-0.05, 0) is 61.0 Å². The Labute approximate surface area is 222 Å². The zero-order valence-corrected chi connectivity index (χ0v) is 21.9. The van der Waals surface area contributed by atoms with E-state index in [0.29, 0.717) is 43.4 Å². The number of benzene rings is 2. The first-order valence-corrected chi connectivity index (χ1v) is 12.7. The molecule has 1 aromatic heterocycles. The zero-order chi connectivity index (χ0) is 26.9. The fourth-order valence-corrected chi connectivity index (χ4v) is 4.32. The average Bonchev–Trinajstić information content (AvgIpc) is 3.36. The maximum atomic E-state index is 13.7. The molecule has 0 radical (unpaired) electrons. The van der Waals surface area contributed by atoms with Crippen molar-refractivity contribution in [2.45, 2.75) is 20.0 Å². The Kier molecular flexibility index (Phi) is 9.51. The van der Waals surface area contributed by atoms with Crippen LogP contribution in [0.25, 0.3) is 0 Å². The molecule has 0 unspecified atom stereocenters. The van der Waals surface area contributed by atoms with Crippen LogP contribution >= 0.6 is 0 Å². The van der Waals surface area contributed by atoms with Crippen LogP contribution in [0.2, 0.25) is 0 Å². The van der Waals surface area contributed by atoms with E-state index < -0.39 is 0 Å². The highest BCUT2D eigenvalue weighted by Gasteiger charge is 2.24. The maximum absolute atomic E-state index is 13.7. The van der Waals surface area contributed by atoms with Crippen molar-refractivity contribution in [2.24, 2.45) is 0 Å². The molecule has 0 atom stereocenters. The van der Waals surface area contributed by atoms with Crippen molar-refractivity contribution >= 4 is 11.8 Å². The summed E-state index contributed by atoms with van der Waals surface area (Å²) in [4.78, 5) is 32.7. The molecule has 1 aliphatic rings. The third kappa shape index (κ3) is 7.66. The lowest BCUT2D eigenvalue weighted by atomic mass is 10.1. The van der Waals surface area contributed by atoms with E-state index in [1.54, 1.807) is 53.3 Å². The first kappa shape index (κ1) is 27.3. The molecule has 9 heteroatoms. The Balaban J connectivity index is 1.53. The number of hydrogen-bond donors (Lipinski definition) is 0. The largest absolute Gasteiger partial charge is 0.497 e. The topological polar surface area (TPSA) is 75.5 Å². The van der Waals surface area contributed by atoms with E-state index >= 15 is 0 Å². The van der Waals surface area contributed by atoms with Crippen molar-refractivity contribution in [3.05, 3.63) is 89.1 Å². The van der Waals surface area contributed by atoms with Crippen molar-refractivity contribution in [3.63, 3.8) is 0 Å². The van der Waals surface area contributed by atoms with Crippen LogP contribution < -0.4 is 4.74 Å². The van der Waals surface area contributed by atoms with Crippen LogP contribution in [0.5, 0.6) is 5.75 Å². The van der Waals surface area contributed by atoms with Crippen molar-refractivity contribution in [1.82, 2.24) is 14.7 Å². The van der Waals surface area contributed by atoms with Crippen molar-refractivity contribution in [2.75, 3.05) is 53.0 Å². The summed E-state index contributed by atoms with van der Waals surface area (Å²) in [5, 5.41) is 0. The number of methoxy groups -OCH3 is 1. The molecule has 0 aliphatic carbocycles. The molecular weight excluding hydrogens is 489 g/mol. The van der Waals surface area contributed by atoms with Gasteiger partial charge in [0.1, 0.15) is 29.6 Å². The molecule has 202 valence electrons. The molecule has 0 spiro atoms. The molecule has 3 aromatic rings. The predicted octanol–water partition coefficient (Wildman–Crippen LogP) is 3.74. The van der Waals surface area contributed by atoms with Crippen LogP contribution in [0, 0.1) is 12.7 Å². The Morgan fingerprint density at radius 2 is 1.66 bits per heavy atom. The number of nitrogens with zero attached hydrogens (tertiary/aromatic N) is 3. The van der Waals surface area contributed by atoms with Gasteiger partial charge in [-0.3, -0.25) is 14.5 Å². The summed E-state index contributed by atoms with van der Waals surface area (Å²) in [6, 6.07) is 16.6. The van der Waals surface area contributed by atoms with Gasteiger partial charge in [0.15, 0.2) is 0 Å². The van der Waals surface area contributed by atoms with Gasteiger partial charge in [0.2, 0.25) is 5.91 Å². The SMILES string of the molecule is COc1ccc(C(=O)N(CCN2CCOCC2)CC(=O)N(Cc2ccc(F)cc2)Cc2ccc(C)o2)cc1. The summed E-state index contributed by atoms with van der Waals surface area (Å²) < 4.78 is 29.9. The van der Waals surface area contributed by atoms with Gasteiger partial charge in [-0.1, -0.05) is 12.1 Å². The van der Waals surface area contributed by atoms with Crippen LogP contribution in [0.15, 0.2) is 65.1 Å². The van der Waals surface area contributed by atoms with Gasteiger partial charge >= 0.3 is 0 Å². The standard InChI is InChI=1S/C29H34FN3O5/c1-22-3-10-27(38-22)20-33(19-23-4-8-25(30)9-5-23)28(34)21-32(14-13-31-15-17-37-18-16-31)29(35)24-6-11-26(36-2)12-7-24/h3-12H,13-21H2,1-2H3. The number of carbonyl (C=O) groups is 2. The van der Waals surface area contributed by atoms with Gasteiger partial charge in [0, 0.05) is 38.3 Å². The molecule has 0 saturated carbocycles. The summed E-state index contributed by atoms with van der Waals surface area (Å²) in [6.07, 6.45) is 0. The normalized spacial score (nSPS) is 13.8.